The molecule has 2 heterocycles. The number of phenols is 1. The number of phenolic OH excluding ortho intramolecular Hbond substituents is 1. The monoisotopic (exact) mass is 482 g/mol. The van der Waals surface area contributed by atoms with E-state index in [-0.39, 0.29) is 23.1 Å². The molecule has 6 aromatic rings. The van der Waals surface area contributed by atoms with Crippen LogP contribution in [0.15, 0.2) is 103 Å². The van der Waals surface area contributed by atoms with Crippen molar-refractivity contribution in [3.63, 3.8) is 0 Å². The molecule has 0 aliphatic carbocycles. The Morgan fingerprint density at radius 1 is 0.500 bits per heavy atom. The third-order valence-corrected chi connectivity index (χ3v) is 6.53. The van der Waals surface area contributed by atoms with Gasteiger partial charge in [0.15, 0.2) is 17.4 Å². The van der Waals surface area contributed by atoms with Gasteiger partial charge in [-0.15, -0.1) is 0 Å². The summed E-state index contributed by atoms with van der Waals surface area (Å²) in [6.07, 6.45) is 0. The maximum absolute atomic E-state index is 11.4. The van der Waals surface area contributed by atoms with E-state index in [9.17, 15) is 5.11 Å². The van der Waals surface area contributed by atoms with Crippen LogP contribution in [-0.4, -0.2) is 32.4 Å². The summed E-state index contributed by atoms with van der Waals surface area (Å²) in [5, 5.41) is 13.5. The highest BCUT2D eigenvalue weighted by molar-refractivity contribution is 6.08. The molecule has 6 rings (SSSR count). The molecule has 2 aromatic heterocycles. The fraction of sp³-hybridized carbons (Fsp3) is 0.0625. The van der Waals surface area contributed by atoms with Gasteiger partial charge in [-0.25, -0.2) is 0 Å². The van der Waals surface area contributed by atoms with E-state index in [0.29, 0.717) is 0 Å². The molecule has 0 aliphatic rings. The summed E-state index contributed by atoms with van der Waals surface area (Å²) in [6.45, 7) is 4.00. The van der Waals surface area contributed by atoms with Crippen LogP contribution in [0.1, 0.15) is 11.4 Å². The number of aromatic nitrogens is 2. The lowest BCUT2D eigenvalue weighted by atomic mass is 9.85. The quantitative estimate of drug-likeness (QED) is 0.279. The zero-order chi connectivity index (χ0) is 23.9. The number of aryl methyl sites for hydroxylation is 2. The van der Waals surface area contributed by atoms with Crippen molar-refractivity contribution in [1.82, 2.24) is 9.97 Å². The molecule has 0 saturated carbocycles. The second-order valence-corrected chi connectivity index (χ2v) is 8.91. The third-order valence-electron chi connectivity index (χ3n) is 6.53. The van der Waals surface area contributed by atoms with Crippen LogP contribution in [-0.2, 0) is 0 Å². The van der Waals surface area contributed by atoms with Gasteiger partial charge in [0.1, 0.15) is 5.75 Å². The summed E-state index contributed by atoms with van der Waals surface area (Å²) in [7, 11) is 0. The number of aromatic hydroxyl groups is 1. The number of pyridine rings is 2. The predicted octanol–water partition coefficient (Wildman–Crippen LogP) is 6.92. The SMILES string of the molecule is Cc1ccc2cccc(-c3c(O)ccc(-c4ccccc4)c3-c3cccc4ccc(C)nc34)c2n1.[AlH3]. The first-order valence-corrected chi connectivity index (χ1v) is 11.7. The van der Waals surface area contributed by atoms with E-state index in [0.717, 1.165) is 66.6 Å². The average Bonchev–Trinajstić information content (AvgIpc) is 2.88. The maximum atomic E-state index is 11.4. The Morgan fingerprint density at radius 2 is 1.06 bits per heavy atom. The third kappa shape index (κ3) is 4.05. The van der Waals surface area contributed by atoms with E-state index in [1.807, 2.05) is 62.4 Å². The van der Waals surface area contributed by atoms with Gasteiger partial charge in [-0.2, -0.15) is 0 Å². The molecule has 0 amide bonds. The lowest BCUT2D eigenvalue weighted by Crippen LogP contribution is -1.96. The van der Waals surface area contributed by atoms with E-state index < -0.39 is 0 Å². The van der Waals surface area contributed by atoms with Crippen LogP contribution in [0.4, 0.5) is 0 Å². The number of fused-ring (bicyclic) bond motifs is 2. The van der Waals surface area contributed by atoms with Crippen LogP contribution in [0, 0.1) is 13.8 Å². The van der Waals surface area contributed by atoms with Gasteiger partial charge in [0.25, 0.3) is 0 Å². The second-order valence-electron chi connectivity index (χ2n) is 8.91. The molecule has 0 atom stereocenters. The molecule has 174 valence electrons. The summed E-state index contributed by atoms with van der Waals surface area (Å²) in [4.78, 5) is 9.81. The molecule has 4 aromatic carbocycles. The number of hydrogen-bond donors (Lipinski definition) is 1. The molecule has 0 spiro atoms. The number of benzene rings is 4. The minimum absolute atomic E-state index is 0. The average molecular weight is 483 g/mol. The molecule has 3 nitrogen and oxygen atoms in total. The summed E-state index contributed by atoms with van der Waals surface area (Å²) >= 11 is 0. The second kappa shape index (κ2) is 9.59. The fourth-order valence-corrected chi connectivity index (χ4v) is 4.90. The van der Waals surface area contributed by atoms with Crippen molar-refractivity contribution in [1.29, 1.82) is 0 Å². The first-order valence-electron chi connectivity index (χ1n) is 11.7. The van der Waals surface area contributed by atoms with Gasteiger partial charge in [-0.1, -0.05) is 84.9 Å². The fourth-order valence-electron chi connectivity index (χ4n) is 4.90. The maximum Gasteiger partial charge on any atom is 0.187 e. The van der Waals surface area contributed by atoms with Gasteiger partial charge in [0.2, 0.25) is 0 Å². The van der Waals surface area contributed by atoms with Crippen molar-refractivity contribution >= 4 is 39.2 Å². The molecular formula is C32H27AlN2O. The standard InChI is InChI=1S/C32H24N2O.Al.3H/c1-20-14-16-23-10-6-12-26(31(23)33-20)29-25(22-8-4-3-5-9-22)18-19-28(35)30(29)27-13-7-11-24-17-15-21(2)34-32(24)27;;;;/h3-19,35H,1-2H3;;;;. The summed E-state index contributed by atoms with van der Waals surface area (Å²) in [5.41, 5.74) is 9.42. The van der Waals surface area contributed by atoms with Crippen LogP contribution in [0.5, 0.6) is 5.75 Å². The van der Waals surface area contributed by atoms with Gasteiger partial charge < -0.3 is 5.11 Å². The van der Waals surface area contributed by atoms with E-state index >= 15 is 0 Å². The highest BCUT2D eigenvalue weighted by Gasteiger charge is 2.22. The first-order chi connectivity index (χ1) is 17.1. The van der Waals surface area contributed by atoms with Crippen LogP contribution in [0.3, 0.4) is 0 Å². The Hall–Kier alpha value is -3.97. The summed E-state index contributed by atoms with van der Waals surface area (Å²) < 4.78 is 0. The zero-order valence-corrected chi connectivity index (χ0v) is 19.7. The van der Waals surface area contributed by atoms with Crippen LogP contribution in [0.2, 0.25) is 0 Å². The van der Waals surface area contributed by atoms with Gasteiger partial charge in [0, 0.05) is 44.4 Å². The summed E-state index contributed by atoms with van der Waals surface area (Å²) in [6, 6.07) is 34.7. The molecule has 0 radical (unpaired) electrons. The Kier molecular flexibility index (Phi) is 6.33. The van der Waals surface area contributed by atoms with Gasteiger partial charge in [-0.3, -0.25) is 9.97 Å². The minimum Gasteiger partial charge on any atom is -0.507 e. The van der Waals surface area contributed by atoms with E-state index in [4.69, 9.17) is 9.97 Å². The molecule has 0 fully saturated rings. The van der Waals surface area contributed by atoms with Crippen molar-refractivity contribution in [2.45, 2.75) is 13.8 Å². The Morgan fingerprint density at radius 3 is 1.64 bits per heavy atom. The first kappa shape index (κ1) is 23.8. The van der Waals surface area contributed by atoms with Crippen molar-refractivity contribution < 1.29 is 5.11 Å². The largest absolute Gasteiger partial charge is 0.507 e. The lowest BCUT2D eigenvalue weighted by molar-refractivity contribution is 0.477. The molecular weight excluding hydrogens is 455 g/mol. The lowest BCUT2D eigenvalue weighted by Gasteiger charge is -2.20. The Bertz CT molecular complexity index is 1730. The molecule has 1 N–H and O–H groups in total. The van der Waals surface area contributed by atoms with E-state index in [2.05, 4.69) is 48.5 Å². The van der Waals surface area contributed by atoms with Gasteiger partial charge >= 0.3 is 0 Å². The zero-order valence-electron chi connectivity index (χ0n) is 19.7. The summed E-state index contributed by atoms with van der Waals surface area (Å²) in [5.74, 6) is 0.222. The minimum atomic E-state index is 0. The predicted molar refractivity (Wildman–Crippen MR) is 154 cm³/mol. The Balaban J connectivity index is 0.00000267. The smallest absolute Gasteiger partial charge is 0.187 e. The molecule has 4 heteroatoms. The van der Waals surface area contributed by atoms with E-state index in [1.165, 1.54) is 0 Å². The van der Waals surface area contributed by atoms with Crippen LogP contribution < -0.4 is 0 Å². The topological polar surface area (TPSA) is 46.0 Å². The van der Waals surface area contributed by atoms with Crippen molar-refractivity contribution in [2.24, 2.45) is 0 Å². The molecule has 0 saturated heterocycles. The number of nitrogens with zero attached hydrogens (tertiary/aromatic N) is 2. The normalized spacial score (nSPS) is 10.9. The number of para-hydroxylation sites is 2. The van der Waals surface area contributed by atoms with Crippen molar-refractivity contribution in [2.75, 3.05) is 0 Å². The van der Waals surface area contributed by atoms with Crippen molar-refractivity contribution in [3.05, 3.63) is 115 Å². The number of rotatable bonds is 3. The highest BCUT2D eigenvalue weighted by atomic mass is 27.0. The van der Waals surface area contributed by atoms with Gasteiger partial charge in [0.05, 0.1) is 11.0 Å². The Labute approximate surface area is 221 Å². The van der Waals surface area contributed by atoms with Gasteiger partial charge in [-0.05, 0) is 43.2 Å². The van der Waals surface area contributed by atoms with E-state index in [1.54, 1.807) is 6.07 Å². The van der Waals surface area contributed by atoms with Crippen molar-refractivity contribution in [3.8, 4) is 39.1 Å². The molecule has 0 unspecified atom stereocenters. The number of hydrogen-bond acceptors (Lipinski definition) is 3. The van der Waals surface area contributed by atoms with Crippen LogP contribution >= 0.6 is 0 Å². The molecule has 0 bridgehead atoms. The molecule has 36 heavy (non-hydrogen) atoms. The molecule has 0 aliphatic heterocycles. The highest BCUT2D eigenvalue weighted by Crippen LogP contribution is 2.47. The van der Waals surface area contributed by atoms with Crippen LogP contribution in [0.25, 0.3) is 55.2 Å².